The molecule has 5 heterocycles. The first-order valence-corrected chi connectivity index (χ1v) is 16.3. The maximum Gasteiger partial charge on any atom is 0.416 e. The summed E-state index contributed by atoms with van der Waals surface area (Å²) >= 11 is 6.13. The topological polar surface area (TPSA) is 144 Å². The van der Waals surface area contributed by atoms with Gasteiger partial charge in [0.2, 0.25) is 11.7 Å². The summed E-state index contributed by atoms with van der Waals surface area (Å²) in [6, 6.07) is 5.50. The first-order chi connectivity index (χ1) is 23.5. The normalized spacial score (nSPS) is 22.9. The number of hydrogen-bond acceptors (Lipinski definition) is 8. The van der Waals surface area contributed by atoms with E-state index in [0.29, 0.717) is 68.9 Å². The van der Waals surface area contributed by atoms with Crippen molar-refractivity contribution in [3.8, 4) is 5.75 Å². The Morgan fingerprint density at radius 1 is 1.18 bits per heavy atom. The first kappa shape index (κ1) is 31.5. The molecule has 3 aromatic heterocycles. The van der Waals surface area contributed by atoms with Gasteiger partial charge in [0.25, 0.3) is 11.5 Å². The summed E-state index contributed by atoms with van der Waals surface area (Å²) in [5.41, 5.74) is 0.132. The number of fused-ring (bicyclic) bond motifs is 5. The Bertz CT molecular complexity index is 2150. The minimum atomic E-state index is -4.60. The van der Waals surface area contributed by atoms with Crippen molar-refractivity contribution < 1.29 is 32.6 Å². The molecule has 1 aromatic carbocycles. The fourth-order valence-electron chi connectivity index (χ4n) is 7.85. The number of halogens is 4. The Labute approximate surface area is 281 Å². The van der Waals surface area contributed by atoms with Crippen molar-refractivity contribution in [3.63, 3.8) is 0 Å². The number of ether oxygens (including phenoxy) is 1. The lowest BCUT2D eigenvalue weighted by Gasteiger charge is -2.39. The quantitative estimate of drug-likeness (QED) is 0.316. The zero-order valence-electron chi connectivity index (χ0n) is 25.8. The molecule has 2 aliphatic heterocycles. The van der Waals surface area contributed by atoms with Crippen molar-refractivity contribution in [3.05, 3.63) is 86.3 Å². The fraction of sp³-hybridized carbons (Fsp3) is 0.394. The average Bonchev–Trinajstić information content (AvgIpc) is 3.62. The van der Waals surface area contributed by atoms with Gasteiger partial charge >= 0.3 is 6.18 Å². The number of pyridine rings is 1. The summed E-state index contributed by atoms with van der Waals surface area (Å²) in [6.45, 7) is 0.877. The highest BCUT2D eigenvalue weighted by molar-refractivity contribution is 6.33. The summed E-state index contributed by atoms with van der Waals surface area (Å²) in [4.78, 5) is 51.8. The monoisotopic (exact) mass is 695 g/mol. The Hall–Kier alpha value is -4.76. The minimum absolute atomic E-state index is 0.0103. The minimum Gasteiger partial charge on any atom is -0.505 e. The van der Waals surface area contributed by atoms with Crippen molar-refractivity contribution in [1.29, 1.82) is 0 Å². The van der Waals surface area contributed by atoms with Crippen LogP contribution in [0.1, 0.15) is 58.8 Å². The van der Waals surface area contributed by atoms with Crippen molar-refractivity contribution in [1.82, 2.24) is 29.0 Å². The van der Waals surface area contributed by atoms with Gasteiger partial charge in [-0.05, 0) is 73.9 Å². The molecule has 16 heteroatoms. The van der Waals surface area contributed by atoms with Crippen LogP contribution in [-0.4, -0.2) is 71.8 Å². The molecule has 12 nitrogen and oxygen atoms in total. The Kier molecular flexibility index (Phi) is 7.33. The van der Waals surface area contributed by atoms with Crippen LogP contribution in [0, 0.1) is 5.92 Å². The molecular weight excluding hydrogens is 667 g/mol. The van der Waals surface area contributed by atoms with Gasteiger partial charge in [-0.2, -0.15) is 22.7 Å². The molecule has 3 atom stereocenters. The highest BCUT2D eigenvalue weighted by Gasteiger charge is 2.63. The third-order valence-electron chi connectivity index (χ3n) is 10.2. The van der Waals surface area contributed by atoms with E-state index in [9.17, 15) is 32.7 Å². The van der Waals surface area contributed by atoms with Crippen molar-refractivity contribution >= 4 is 40.5 Å². The number of likely N-dealkylation sites (tertiary alicyclic amines) is 1. The predicted octanol–water partition coefficient (Wildman–Crippen LogP) is 4.22. The zero-order valence-corrected chi connectivity index (χ0v) is 26.6. The molecule has 4 aromatic rings. The number of nitrogens with one attached hydrogen (secondary N) is 1. The number of benzene rings is 1. The van der Waals surface area contributed by atoms with E-state index in [1.807, 2.05) is 6.08 Å². The maximum absolute atomic E-state index is 14.4. The summed E-state index contributed by atoms with van der Waals surface area (Å²) in [5, 5.41) is 17.2. The number of alkyl halides is 3. The lowest BCUT2D eigenvalue weighted by molar-refractivity contribution is -0.137. The van der Waals surface area contributed by atoms with Crippen LogP contribution in [0.25, 0.3) is 11.4 Å². The van der Waals surface area contributed by atoms with E-state index in [-0.39, 0.29) is 57.9 Å². The van der Waals surface area contributed by atoms with Gasteiger partial charge in [-0.25, -0.2) is 4.98 Å². The molecule has 2 aliphatic carbocycles. The maximum atomic E-state index is 14.4. The van der Waals surface area contributed by atoms with E-state index >= 15 is 0 Å². The number of nitrogens with zero attached hydrogens (tertiary/aromatic N) is 6. The molecule has 1 saturated carbocycles. The van der Waals surface area contributed by atoms with Crippen LogP contribution in [0.15, 0.2) is 47.4 Å². The van der Waals surface area contributed by atoms with Gasteiger partial charge in [-0.1, -0.05) is 17.7 Å². The average molecular weight is 696 g/mol. The highest BCUT2D eigenvalue weighted by atomic mass is 35.5. The van der Waals surface area contributed by atoms with E-state index in [1.165, 1.54) is 16.8 Å². The van der Waals surface area contributed by atoms with Crippen LogP contribution in [0.3, 0.4) is 0 Å². The molecule has 49 heavy (non-hydrogen) atoms. The van der Waals surface area contributed by atoms with Gasteiger partial charge in [0.15, 0.2) is 11.5 Å². The second-order valence-corrected chi connectivity index (χ2v) is 13.2. The number of carbonyl (C=O) groups excluding carboxylic acids is 2. The van der Waals surface area contributed by atoms with Crippen molar-refractivity contribution in [2.45, 2.75) is 56.3 Å². The van der Waals surface area contributed by atoms with Gasteiger partial charge in [0.1, 0.15) is 12.3 Å². The summed E-state index contributed by atoms with van der Waals surface area (Å²) < 4.78 is 47.9. The van der Waals surface area contributed by atoms with E-state index in [4.69, 9.17) is 21.3 Å². The molecule has 3 unspecified atom stereocenters. The SMILES string of the molecule is O=C(Cn1c2c(c(=O)n3nc(C4=CCOCC4)nc13)C1(CC2)CCN(C(=O)c2ncccc2O)C2CC21)Nc1ccc(C(F)(F)F)cc1Cl. The number of amides is 2. The number of aromatic nitrogens is 5. The standard InChI is InChI=1S/C33H29ClF3N7O5/c34-20-14-18(33(35,36)37)3-4-21(20)39-25(46)16-43-22-5-8-32(9-11-42(23-15-19(23)32)30(48)27-24(45)2-1-10-38-27)26(22)29(47)44-31(43)40-28(41-44)17-6-12-49-13-7-17/h1-4,6,10,14,19,23,45H,5,7-9,11-13,15-16H2,(H,39,46). The van der Waals surface area contributed by atoms with Gasteiger partial charge in [-0.15, -0.1) is 5.10 Å². The zero-order chi connectivity index (χ0) is 34.2. The molecule has 2 fully saturated rings. The number of anilines is 1. The van der Waals surface area contributed by atoms with Gasteiger partial charge < -0.3 is 24.6 Å². The summed E-state index contributed by atoms with van der Waals surface area (Å²) in [7, 11) is 0. The number of hydrogen-bond donors (Lipinski definition) is 2. The van der Waals surface area contributed by atoms with E-state index in [2.05, 4.69) is 15.4 Å². The molecule has 2 amide bonds. The molecule has 1 spiro atoms. The smallest absolute Gasteiger partial charge is 0.416 e. The third kappa shape index (κ3) is 5.17. The Morgan fingerprint density at radius 3 is 2.76 bits per heavy atom. The number of aromatic hydroxyl groups is 1. The van der Waals surface area contributed by atoms with Crippen molar-refractivity contribution in [2.24, 2.45) is 5.92 Å². The van der Waals surface area contributed by atoms with Crippen molar-refractivity contribution in [2.75, 3.05) is 25.1 Å². The van der Waals surface area contributed by atoms with Crippen LogP contribution >= 0.6 is 11.6 Å². The van der Waals surface area contributed by atoms with E-state index in [0.717, 1.165) is 23.8 Å². The molecule has 0 radical (unpaired) electrons. The van der Waals surface area contributed by atoms with E-state index < -0.39 is 23.1 Å². The van der Waals surface area contributed by atoms with Gasteiger partial charge in [0.05, 0.1) is 29.5 Å². The van der Waals surface area contributed by atoms with Gasteiger partial charge in [0, 0.05) is 35.5 Å². The van der Waals surface area contributed by atoms with Crippen LogP contribution in [-0.2, 0) is 34.1 Å². The van der Waals surface area contributed by atoms with Crippen LogP contribution in [0.5, 0.6) is 5.75 Å². The lowest BCUT2D eigenvalue weighted by atomic mass is 9.73. The molecule has 1 saturated heterocycles. The number of rotatable bonds is 5. The first-order valence-electron chi connectivity index (χ1n) is 15.9. The lowest BCUT2D eigenvalue weighted by Crippen LogP contribution is -2.48. The molecule has 2 N–H and O–H groups in total. The molecule has 254 valence electrons. The number of carbonyl (C=O) groups is 2. The van der Waals surface area contributed by atoms with Crippen LogP contribution in [0.4, 0.5) is 18.9 Å². The van der Waals surface area contributed by atoms with E-state index in [1.54, 1.807) is 15.5 Å². The second kappa shape index (κ2) is 11.4. The second-order valence-electron chi connectivity index (χ2n) is 12.8. The fourth-order valence-corrected chi connectivity index (χ4v) is 8.07. The summed E-state index contributed by atoms with van der Waals surface area (Å²) in [6.07, 6.45) is 1.48. The number of piperidine rings is 1. The summed E-state index contributed by atoms with van der Waals surface area (Å²) in [5.74, 6) is -0.655. The molecule has 8 rings (SSSR count). The van der Waals surface area contributed by atoms with Crippen LogP contribution in [0.2, 0.25) is 5.02 Å². The molecule has 4 aliphatic rings. The Balaban J connectivity index is 1.16. The Morgan fingerprint density at radius 2 is 2.02 bits per heavy atom. The van der Waals surface area contributed by atoms with Crippen LogP contribution < -0.4 is 10.9 Å². The highest BCUT2D eigenvalue weighted by Crippen LogP contribution is 2.60. The third-order valence-corrected chi connectivity index (χ3v) is 10.5. The predicted molar refractivity (Wildman–Crippen MR) is 169 cm³/mol. The molecular formula is C33H29ClF3N7O5. The van der Waals surface area contributed by atoms with Gasteiger partial charge in [-0.3, -0.25) is 14.4 Å². The molecule has 0 bridgehead atoms. The largest absolute Gasteiger partial charge is 0.505 e.